The van der Waals surface area contributed by atoms with Gasteiger partial charge in [-0.3, -0.25) is 9.59 Å². The average molecular weight is 471 g/mol. The Hall–Kier alpha value is -3.03. The molecule has 2 amide bonds. The number of nitrogens with one attached hydrogen (secondary N) is 1. The first-order chi connectivity index (χ1) is 15.6. The fourth-order valence-electron chi connectivity index (χ4n) is 3.39. The first kappa shape index (κ1) is 22.2. The third kappa shape index (κ3) is 5.81. The molecule has 32 heavy (non-hydrogen) atoms. The lowest BCUT2D eigenvalue weighted by Gasteiger charge is -2.30. The maximum atomic E-state index is 12.5. The second-order valence-corrected chi connectivity index (χ2v) is 8.80. The van der Waals surface area contributed by atoms with Gasteiger partial charge in [-0.25, -0.2) is 0 Å². The molecule has 2 heterocycles. The largest absolute Gasteiger partial charge is 0.494 e. The molecule has 0 aliphatic carbocycles. The number of unbranched alkanes of at least 4 members (excludes halogenated alkanes) is 1. The Morgan fingerprint density at radius 2 is 2.00 bits per heavy atom. The minimum Gasteiger partial charge on any atom is -0.494 e. The molecular formula is C24H23ClN2O4S. The van der Waals surface area contributed by atoms with Gasteiger partial charge in [-0.05, 0) is 66.8 Å². The van der Waals surface area contributed by atoms with E-state index in [0.29, 0.717) is 41.7 Å². The molecule has 3 aromatic rings. The number of carbonyl (C=O) groups is 2. The molecule has 1 aliphatic rings. The van der Waals surface area contributed by atoms with Crippen LogP contribution in [-0.4, -0.2) is 31.6 Å². The van der Waals surface area contributed by atoms with Gasteiger partial charge < -0.3 is 19.7 Å². The maximum absolute atomic E-state index is 12.5. The van der Waals surface area contributed by atoms with Crippen LogP contribution in [0.2, 0.25) is 5.02 Å². The van der Waals surface area contributed by atoms with Crippen molar-refractivity contribution >= 4 is 46.1 Å². The van der Waals surface area contributed by atoms with E-state index in [0.717, 1.165) is 23.5 Å². The van der Waals surface area contributed by atoms with Crippen LogP contribution in [0.5, 0.6) is 11.5 Å². The number of rotatable bonds is 9. The van der Waals surface area contributed by atoms with Crippen LogP contribution in [0.25, 0.3) is 0 Å². The van der Waals surface area contributed by atoms with Gasteiger partial charge in [-0.1, -0.05) is 17.7 Å². The third-order valence-corrected chi connectivity index (χ3v) is 6.09. The highest BCUT2D eigenvalue weighted by Crippen LogP contribution is 2.35. The number of hydrogen-bond donors (Lipinski definition) is 1. The van der Waals surface area contributed by atoms with Crippen LogP contribution < -0.4 is 19.7 Å². The molecule has 0 bridgehead atoms. The Labute approximate surface area is 195 Å². The molecule has 2 aromatic carbocycles. The number of benzene rings is 2. The molecule has 4 rings (SSSR count). The van der Waals surface area contributed by atoms with Gasteiger partial charge in [0.1, 0.15) is 11.5 Å². The number of thiophene rings is 1. The first-order valence-electron chi connectivity index (χ1n) is 10.4. The van der Waals surface area contributed by atoms with Gasteiger partial charge >= 0.3 is 0 Å². The average Bonchev–Trinajstić information content (AvgIpc) is 3.29. The van der Waals surface area contributed by atoms with Crippen molar-refractivity contribution in [2.75, 3.05) is 30.0 Å². The van der Waals surface area contributed by atoms with Crippen LogP contribution in [0.3, 0.4) is 0 Å². The fraction of sp³-hybridized carbons (Fsp3) is 0.250. The van der Waals surface area contributed by atoms with Crippen molar-refractivity contribution in [1.82, 2.24) is 0 Å². The summed E-state index contributed by atoms with van der Waals surface area (Å²) in [5.41, 5.74) is 1.31. The lowest BCUT2D eigenvalue weighted by Crippen LogP contribution is -2.39. The molecule has 0 unspecified atom stereocenters. The topological polar surface area (TPSA) is 67.9 Å². The van der Waals surface area contributed by atoms with Crippen molar-refractivity contribution in [3.63, 3.8) is 0 Å². The summed E-state index contributed by atoms with van der Waals surface area (Å²) < 4.78 is 11.3. The van der Waals surface area contributed by atoms with Crippen molar-refractivity contribution in [2.45, 2.75) is 19.3 Å². The molecule has 166 valence electrons. The van der Waals surface area contributed by atoms with Crippen LogP contribution in [0, 0.1) is 0 Å². The summed E-state index contributed by atoms with van der Waals surface area (Å²) in [4.78, 5) is 27.5. The molecule has 0 saturated carbocycles. The van der Waals surface area contributed by atoms with Crippen LogP contribution in [0.1, 0.15) is 17.7 Å². The Morgan fingerprint density at radius 3 is 2.78 bits per heavy atom. The Kier molecular flexibility index (Phi) is 7.29. The highest BCUT2D eigenvalue weighted by Gasteiger charge is 2.25. The number of anilines is 2. The number of ether oxygens (including phenoxy) is 2. The van der Waals surface area contributed by atoms with E-state index in [1.54, 1.807) is 46.6 Å². The number of amides is 2. The summed E-state index contributed by atoms with van der Waals surface area (Å²) in [6.07, 6.45) is 1.88. The van der Waals surface area contributed by atoms with E-state index in [9.17, 15) is 9.59 Å². The number of nitrogens with zero attached hydrogens (tertiary/aromatic N) is 1. The Balaban J connectivity index is 1.33. The lowest BCUT2D eigenvalue weighted by molar-refractivity contribution is -0.121. The predicted molar refractivity (Wildman–Crippen MR) is 127 cm³/mol. The summed E-state index contributed by atoms with van der Waals surface area (Å²) >= 11 is 7.43. The van der Waals surface area contributed by atoms with E-state index in [4.69, 9.17) is 21.1 Å². The fourth-order valence-corrected chi connectivity index (χ4v) is 4.22. The number of fused-ring (bicyclic) bond motifs is 1. The van der Waals surface area contributed by atoms with Gasteiger partial charge in [-0.15, -0.1) is 11.3 Å². The molecule has 0 spiro atoms. The number of carbonyl (C=O) groups excluding carboxylic acids is 2. The second-order valence-electron chi connectivity index (χ2n) is 7.33. The van der Waals surface area contributed by atoms with Crippen molar-refractivity contribution in [1.29, 1.82) is 0 Å². The summed E-state index contributed by atoms with van der Waals surface area (Å²) in [7, 11) is 0. The number of halogens is 1. The van der Waals surface area contributed by atoms with Crippen LogP contribution >= 0.6 is 22.9 Å². The van der Waals surface area contributed by atoms with Gasteiger partial charge in [0.25, 0.3) is 5.91 Å². The zero-order chi connectivity index (χ0) is 22.3. The standard InChI is InChI=1S/C24H23ClN2O4S/c25-17-5-8-19(9-6-17)30-12-2-1-11-27-21-14-18(7-10-22(21)31-16-24(27)29)26-23(28)15-20-4-3-13-32-20/h3-10,13-14H,1-2,11-12,15-16H2,(H,26,28). The number of hydrogen-bond acceptors (Lipinski definition) is 5. The normalized spacial score (nSPS) is 12.8. The summed E-state index contributed by atoms with van der Waals surface area (Å²) in [6, 6.07) is 16.5. The molecule has 8 heteroatoms. The van der Waals surface area contributed by atoms with Gasteiger partial charge in [0, 0.05) is 22.1 Å². The quantitative estimate of drug-likeness (QED) is 0.438. The van der Waals surface area contributed by atoms with E-state index in [2.05, 4.69) is 5.32 Å². The second kappa shape index (κ2) is 10.5. The van der Waals surface area contributed by atoms with Gasteiger partial charge in [0.05, 0.1) is 18.7 Å². The van der Waals surface area contributed by atoms with E-state index in [1.807, 2.05) is 29.6 Å². The lowest BCUT2D eigenvalue weighted by atomic mass is 10.2. The van der Waals surface area contributed by atoms with E-state index < -0.39 is 0 Å². The van der Waals surface area contributed by atoms with Gasteiger partial charge in [0.15, 0.2) is 6.61 Å². The molecule has 0 radical (unpaired) electrons. The highest BCUT2D eigenvalue weighted by molar-refractivity contribution is 7.10. The first-order valence-corrected chi connectivity index (χ1v) is 11.6. The predicted octanol–water partition coefficient (Wildman–Crippen LogP) is 5.17. The molecule has 1 aliphatic heterocycles. The SMILES string of the molecule is O=C(Cc1cccs1)Nc1ccc2c(c1)N(CCCCOc1ccc(Cl)cc1)C(=O)CO2. The molecule has 0 atom stereocenters. The van der Waals surface area contributed by atoms with Gasteiger partial charge in [-0.2, -0.15) is 0 Å². The Bertz CT molecular complexity index is 1070. The van der Waals surface area contributed by atoms with E-state index in [1.165, 1.54) is 0 Å². The Morgan fingerprint density at radius 1 is 1.16 bits per heavy atom. The summed E-state index contributed by atoms with van der Waals surface area (Å²) in [5, 5.41) is 5.53. The highest BCUT2D eigenvalue weighted by atomic mass is 35.5. The molecular weight excluding hydrogens is 448 g/mol. The van der Waals surface area contributed by atoms with Crippen molar-refractivity contribution in [3.05, 3.63) is 69.9 Å². The zero-order valence-corrected chi connectivity index (χ0v) is 19.0. The molecule has 6 nitrogen and oxygen atoms in total. The monoisotopic (exact) mass is 470 g/mol. The minimum absolute atomic E-state index is 0.0123. The molecule has 1 N–H and O–H groups in total. The molecule has 0 saturated heterocycles. The molecule has 0 fully saturated rings. The maximum Gasteiger partial charge on any atom is 0.265 e. The smallest absolute Gasteiger partial charge is 0.265 e. The summed E-state index contributed by atoms with van der Waals surface area (Å²) in [5.74, 6) is 1.21. The van der Waals surface area contributed by atoms with E-state index in [-0.39, 0.29) is 18.4 Å². The van der Waals surface area contributed by atoms with Crippen molar-refractivity contribution < 1.29 is 19.1 Å². The summed E-state index contributed by atoms with van der Waals surface area (Å²) in [6.45, 7) is 1.11. The van der Waals surface area contributed by atoms with Gasteiger partial charge in [0.2, 0.25) is 5.91 Å². The van der Waals surface area contributed by atoms with E-state index >= 15 is 0 Å². The third-order valence-electron chi connectivity index (χ3n) is 4.96. The molecule has 1 aromatic heterocycles. The van der Waals surface area contributed by atoms with Crippen LogP contribution in [0.15, 0.2) is 60.0 Å². The van der Waals surface area contributed by atoms with Crippen molar-refractivity contribution in [2.24, 2.45) is 0 Å². The zero-order valence-electron chi connectivity index (χ0n) is 17.4. The minimum atomic E-state index is -0.0989. The van der Waals surface area contributed by atoms with Crippen LogP contribution in [-0.2, 0) is 16.0 Å². The van der Waals surface area contributed by atoms with Crippen LogP contribution in [0.4, 0.5) is 11.4 Å². The van der Waals surface area contributed by atoms with Crippen molar-refractivity contribution in [3.8, 4) is 11.5 Å².